The number of halogens is 2. The summed E-state index contributed by atoms with van der Waals surface area (Å²) in [6, 6.07) is 3.33. The Hall–Kier alpha value is -3.47. The van der Waals surface area contributed by atoms with E-state index >= 15 is 0 Å². The van der Waals surface area contributed by atoms with Crippen molar-refractivity contribution in [2.24, 2.45) is 18.9 Å². The highest BCUT2D eigenvalue weighted by Gasteiger charge is 2.31. The lowest BCUT2D eigenvalue weighted by atomic mass is 9.86. The highest BCUT2D eigenvalue weighted by Crippen LogP contribution is 2.42. The van der Waals surface area contributed by atoms with Crippen LogP contribution in [0, 0.1) is 11.8 Å². The van der Waals surface area contributed by atoms with Gasteiger partial charge < -0.3 is 19.9 Å². The second kappa shape index (κ2) is 12.8. The van der Waals surface area contributed by atoms with Gasteiger partial charge in [-0.1, -0.05) is 13.8 Å². The molecule has 228 valence electrons. The molecule has 0 unspecified atom stereocenters. The van der Waals surface area contributed by atoms with Crippen LogP contribution in [0.1, 0.15) is 68.8 Å². The van der Waals surface area contributed by atoms with Gasteiger partial charge in [0.15, 0.2) is 5.82 Å². The molecule has 42 heavy (non-hydrogen) atoms. The van der Waals surface area contributed by atoms with Gasteiger partial charge in [-0.25, -0.2) is 13.6 Å². The van der Waals surface area contributed by atoms with E-state index in [9.17, 15) is 13.6 Å². The molecule has 2 atom stereocenters. The van der Waals surface area contributed by atoms with E-state index in [1.54, 1.807) is 42.1 Å². The molecular weight excluding hydrogens is 540 g/mol. The van der Waals surface area contributed by atoms with Crippen LogP contribution in [0.5, 0.6) is 0 Å². The number of aromatic amines is 1. The molecule has 11 heteroatoms. The van der Waals surface area contributed by atoms with E-state index in [0.29, 0.717) is 49.1 Å². The molecule has 0 spiro atoms. The Balaban J connectivity index is 0.000000300. The monoisotopic (exact) mass is 583 g/mol. The standard InChI is InChI=1S/C22H25F2N7O.C9H18O/c1-25-22(32)30-7-5-18-17(12-30)21(28-27-18)31-6-3-4-13-8-15(14-10-26-29(2)11-14)16(20(23)24)9-19(13)31;1-7(2)9-4-5-10-8(3)6-9/h8-11,20H,3-7,12H2,1-2H3,(H,25,32)(H,27,28);7-9H,4-6H2,1-3H3/t;8-,9-/m.0/s1. The van der Waals surface area contributed by atoms with Crippen LogP contribution in [0.3, 0.4) is 0 Å². The number of nitrogens with one attached hydrogen (secondary N) is 2. The Bertz CT molecular complexity index is 1390. The van der Waals surface area contributed by atoms with Crippen LogP contribution in [-0.2, 0) is 31.2 Å². The maximum Gasteiger partial charge on any atom is 0.317 e. The molecule has 0 radical (unpaired) electrons. The number of rotatable bonds is 4. The van der Waals surface area contributed by atoms with Gasteiger partial charge in [0.25, 0.3) is 6.43 Å². The lowest BCUT2D eigenvalue weighted by Crippen LogP contribution is -2.41. The van der Waals surface area contributed by atoms with Gasteiger partial charge in [-0.05, 0) is 67.7 Å². The molecule has 1 saturated heterocycles. The molecule has 2 aromatic heterocycles. The summed E-state index contributed by atoms with van der Waals surface area (Å²) in [6.07, 6.45) is 6.15. The van der Waals surface area contributed by atoms with Crippen molar-refractivity contribution in [1.29, 1.82) is 0 Å². The summed E-state index contributed by atoms with van der Waals surface area (Å²) in [5.41, 5.74) is 4.89. The number of aromatic nitrogens is 4. The number of hydrogen-bond acceptors (Lipinski definition) is 5. The second-order valence-electron chi connectivity index (χ2n) is 12.0. The van der Waals surface area contributed by atoms with Crippen LogP contribution in [0.4, 0.5) is 25.1 Å². The molecule has 0 saturated carbocycles. The number of hydrogen-bond donors (Lipinski definition) is 2. The molecular formula is C31H43F2N7O2. The summed E-state index contributed by atoms with van der Waals surface area (Å²) >= 11 is 0. The van der Waals surface area contributed by atoms with Crippen molar-refractivity contribution in [2.75, 3.05) is 31.6 Å². The average molecular weight is 584 g/mol. The number of carbonyl (C=O) groups excluding carboxylic acids is 1. The number of urea groups is 1. The van der Waals surface area contributed by atoms with Crippen molar-refractivity contribution >= 4 is 17.5 Å². The number of H-pyrrole nitrogens is 1. The summed E-state index contributed by atoms with van der Waals surface area (Å²) in [5, 5.41) is 14.5. The third kappa shape index (κ3) is 6.30. The van der Waals surface area contributed by atoms with E-state index < -0.39 is 6.43 Å². The average Bonchev–Trinajstić information content (AvgIpc) is 3.61. The zero-order chi connectivity index (χ0) is 30.0. The first-order valence-corrected chi connectivity index (χ1v) is 15.0. The van der Waals surface area contributed by atoms with Gasteiger partial charge in [0.2, 0.25) is 0 Å². The molecule has 5 heterocycles. The van der Waals surface area contributed by atoms with E-state index in [1.807, 2.05) is 11.0 Å². The Kier molecular flexibility index (Phi) is 9.15. The third-order valence-corrected chi connectivity index (χ3v) is 8.76. The fourth-order valence-corrected chi connectivity index (χ4v) is 6.33. The molecule has 3 aromatic rings. The molecule has 0 aliphatic carbocycles. The third-order valence-electron chi connectivity index (χ3n) is 8.76. The molecule has 2 amide bonds. The number of carbonyl (C=O) groups is 1. The van der Waals surface area contributed by atoms with Crippen LogP contribution < -0.4 is 10.2 Å². The van der Waals surface area contributed by atoms with Crippen molar-refractivity contribution in [2.45, 2.75) is 71.9 Å². The van der Waals surface area contributed by atoms with Crippen molar-refractivity contribution < 1.29 is 18.3 Å². The first-order chi connectivity index (χ1) is 20.2. The molecule has 6 rings (SSSR count). The number of nitrogens with zero attached hydrogens (tertiary/aromatic N) is 5. The zero-order valence-electron chi connectivity index (χ0n) is 25.3. The summed E-state index contributed by atoms with van der Waals surface area (Å²) in [5.74, 6) is 2.46. The second-order valence-corrected chi connectivity index (χ2v) is 12.0. The van der Waals surface area contributed by atoms with Crippen LogP contribution in [-0.4, -0.2) is 63.8 Å². The molecule has 1 aromatic carbocycles. The summed E-state index contributed by atoms with van der Waals surface area (Å²) in [6.45, 7) is 9.49. The van der Waals surface area contributed by atoms with Gasteiger partial charge in [0.1, 0.15) is 0 Å². The first kappa shape index (κ1) is 30.0. The highest BCUT2D eigenvalue weighted by atomic mass is 19.3. The minimum Gasteiger partial charge on any atom is -0.378 e. The van der Waals surface area contributed by atoms with Gasteiger partial charge in [0.05, 0.1) is 18.8 Å². The normalized spacial score (nSPS) is 20.2. The van der Waals surface area contributed by atoms with Gasteiger partial charge >= 0.3 is 6.03 Å². The quantitative estimate of drug-likeness (QED) is 0.394. The van der Waals surface area contributed by atoms with Gasteiger partial charge in [-0.15, -0.1) is 0 Å². The van der Waals surface area contributed by atoms with Crippen molar-refractivity contribution in [3.8, 4) is 11.1 Å². The lowest BCUT2D eigenvalue weighted by Gasteiger charge is -2.33. The van der Waals surface area contributed by atoms with E-state index in [4.69, 9.17) is 4.74 Å². The van der Waals surface area contributed by atoms with E-state index in [-0.39, 0.29) is 11.6 Å². The highest BCUT2D eigenvalue weighted by molar-refractivity contribution is 5.78. The molecule has 9 nitrogen and oxygen atoms in total. The summed E-state index contributed by atoms with van der Waals surface area (Å²) < 4.78 is 35.3. The van der Waals surface area contributed by atoms with Crippen LogP contribution in [0.25, 0.3) is 11.1 Å². The van der Waals surface area contributed by atoms with Crippen molar-refractivity contribution in [3.05, 3.63) is 46.9 Å². The van der Waals surface area contributed by atoms with Gasteiger partial charge in [0, 0.05) is 74.5 Å². The number of aryl methyl sites for hydroxylation is 2. The van der Waals surface area contributed by atoms with Gasteiger partial charge in [-0.2, -0.15) is 10.2 Å². The molecule has 3 aliphatic heterocycles. The fourth-order valence-electron chi connectivity index (χ4n) is 6.33. The topological polar surface area (TPSA) is 91.3 Å². The molecule has 0 bridgehead atoms. The van der Waals surface area contributed by atoms with E-state index in [0.717, 1.165) is 53.8 Å². The smallest absolute Gasteiger partial charge is 0.317 e. The van der Waals surface area contributed by atoms with Crippen molar-refractivity contribution in [3.63, 3.8) is 0 Å². The number of ether oxygens (including phenoxy) is 1. The van der Waals surface area contributed by atoms with E-state index in [2.05, 4.69) is 41.4 Å². The molecule has 3 aliphatic rings. The summed E-state index contributed by atoms with van der Waals surface area (Å²) in [7, 11) is 3.38. The zero-order valence-corrected chi connectivity index (χ0v) is 25.3. The number of amides is 2. The predicted molar refractivity (Wildman–Crippen MR) is 159 cm³/mol. The first-order valence-electron chi connectivity index (χ1n) is 15.0. The lowest BCUT2D eigenvalue weighted by molar-refractivity contribution is -0.00795. The molecule has 1 fully saturated rings. The van der Waals surface area contributed by atoms with Crippen LogP contribution >= 0.6 is 0 Å². The van der Waals surface area contributed by atoms with E-state index in [1.165, 1.54) is 12.8 Å². The minimum atomic E-state index is -2.61. The maximum absolute atomic E-state index is 14.1. The SMILES string of the molecule is CC(C)[C@H]1CCO[C@@H](C)C1.CNC(=O)N1CCc2[nH]nc(N3CCCc4cc(-c5cnn(C)c5)c(C(F)F)cc43)c2C1. The number of anilines is 2. The van der Waals surface area contributed by atoms with Crippen LogP contribution in [0.2, 0.25) is 0 Å². The van der Waals surface area contributed by atoms with Crippen molar-refractivity contribution in [1.82, 2.24) is 30.2 Å². The largest absolute Gasteiger partial charge is 0.378 e. The Morgan fingerprint density at radius 1 is 1.21 bits per heavy atom. The maximum atomic E-state index is 14.1. The Morgan fingerprint density at radius 2 is 2.02 bits per heavy atom. The Morgan fingerprint density at radius 3 is 2.67 bits per heavy atom. The minimum absolute atomic E-state index is 0.0139. The predicted octanol–water partition coefficient (Wildman–Crippen LogP) is 5.99. The van der Waals surface area contributed by atoms with Gasteiger partial charge in [-0.3, -0.25) is 9.78 Å². The van der Waals surface area contributed by atoms with Crippen LogP contribution in [0.15, 0.2) is 24.5 Å². The summed E-state index contributed by atoms with van der Waals surface area (Å²) in [4.78, 5) is 15.9. The number of alkyl halides is 2. The number of benzene rings is 1. The molecule has 2 N–H and O–H groups in total. The fraction of sp³-hybridized carbons (Fsp3) is 0.581. The number of fused-ring (bicyclic) bond motifs is 2. The Labute approximate surface area is 246 Å².